The maximum Gasteiger partial charge on any atom is 0.171 e. The number of nitrogens with one attached hydrogen (secondary N) is 2. The lowest BCUT2D eigenvalue weighted by molar-refractivity contribution is 0.628. The summed E-state index contributed by atoms with van der Waals surface area (Å²) in [6.07, 6.45) is 3.46. The van der Waals surface area contributed by atoms with Gasteiger partial charge in [-0.3, -0.25) is 4.98 Å². The molecule has 0 aliphatic rings. The van der Waals surface area contributed by atoms with Crippen molar-refractivity contribution < 1.29 is 4.39 Å². The number of rotatable bonds is 3. The number of benzene rings is 1. The third kappa shape index (κ3) is 3.78. The number of nitrogens with zero attached hydrogens (tertiary/aromatic N) is 1. The minimum Gasteiger partial charge on any atom is -0.358 e. The van der Waals surface area contributed by atoms with Gasteiger partial charge in [0, 0.05) is 24.6 Å². The predicted octanol–water partition coefficient (Wildman–Crippen LogP) is 2.71. The topological polar surface area (TPSA) is 37.0 Å². The zero-order valence-electron chi connectivity index (χ0n) is 9.56. The molecule has 0 amide bonds. The molecule has 2 N–H and O–H groups in total. The van der Waals surface area contributed by atoms with Crippen molar-refractivity contribution in [2.75, 3.05) is 5.32 Å². The van der Waals surface area contributed by atoms with E-state index in [9.17, 15) is 4.39 Å². The van der Waals surface area contributed by atoms with Gasteiger partial charge in [0.05, 0.1) is 0 Å². The predicted molar refractivity (Wildman–Crippen MR) is 73.7 cm³/mol. The van der Waals surface area contributed by atoms with Gasteiger partial charge in [0.15, 0.2) is 5.11 Å². The summed E-state index contributed by atoms with van der Waals surface area (Å²) in [6, 6.07) is 9.86. The van der Waals surface area contributed by atoms with Crippen molar-refractivity contribution >= 4 is 23.0 Å². The fraction of sp³-hybridized carbons (Fsp3) is 0.0769. The van der Waals surface area contributed by atoms with Crippen LogP contribution in [0.25, 0.3) is 0 Å². The van der Waals surface area contributed by atoms with E-state index in [1.165, 1.54) is 12.1 Å². The van der Waals surface area contributed by atoms with E-state index in [1.807, 2.05) is 12.1 Å². The molecule has 5 heteroatoms. The lowest BCUT2D eigenvalue weighted by Crippen LogP contribution is -2.27. The van der Waals surface area contributed by atoms with Crippen molar-refractivity contribution in [3.8, 4) is 0 Å². The van der Waals surface area contributed by atoms with Crippen molar-refractivity contribution in [3.63, 3.8) is 0 Å². The molecule has 18 heavy (non-hydrogen) atoms. The first-order valence-corrected chi connectivity index (χ1v) is 5.84. The highest BCUT2D eigenvalue weighted by Gasteiger charge is 1.98. The van der Waals surface area contributed by atoms with Gasteiger partial charge in [-0.2, -0.15) is 0 Å². The van der Waals surface area contributed by atoms with Crippen molar-refractivity contribution in [2.24, 2.45) is 0 Å². The Morgan fingerprint density at radius 2 is 1.78 bits per heavy atom. The molecule has 1 aromatic carbocycles. The van der Waals surface area contributed by atoms with Gasteiger partial charge in [-0.15, -0.1) is 0 Å². The Labute approximate surface area is 110 Å². The summed E-state index contributed by atoms with van der Waals surface area (Å²) >= 11 is 5.14. The van der Waals surface area contributed by atoms with Gasteiger partial charge in [0.1, 0.15) is 5.82 Å². The third-order valence-corrected chi connectivity index (χ3v) is 2.55. The van der Waals surface area contributed by atoms with Crippen LogP contribution in [0.15, 0.2) is 48.8 Å². The van der Waals surface area contributed by atoms with Gasteiger partial charge in [-0.1, -0.05) is 0 Å². The van der Waals surface area contributed by atoms with E-state index in [0.29, 0.717) is 11.7 Å². The highest BCUT2D eigenvalue weighted by molar-refractivity contribution is 7.80. The second kappa shape index (κ2) is 6.07. The molecule has 2 rings (SSSR count). The Bertz CT molecular complexity index is 514. The number of aromatic nitrogens is 1. The summed E-state index contributed by atoms with van der Waals surface area (Å²) in [4.78, 5) is 3.94. The van der Waals surface area contributed by atoms with Crippen molar-refractivity contribution in [2.45, 2.75) is 6.54 Å². The maximum absolute atomic E-state index is 12.7. The van der Waals surface area contributed by atoms with Crippen LogP contribution in [0.3, 0.4) is 0 Å². The molecular weight excluding hydrogens is 249 g/mol. The summed E-state index contributed by atoms with van der Waals surface area (Å²) in [5.74, 6) is -0.267. The van der Waals surface area contributed by atoms with E-state index >= 15 is 0 Å². The molecule has 0 aliphatic carbocycles. The van der Waals surface area contributed by atoms with Crippen LogP contribution < -0.4 is 10.6 Å². The number of thiocarbonyl (C=S) groups is 1. The van der Waals surface area contributed by atoms with Crippen molar-refractivity contribution in [1.82, 2.24) is 10.3 Å². The van der Waals surface area contributed by atoms with Crippen LogP contribution in [-0.4, -0.2) is 10.1 Å². The van der Waals surface area contributed by atoms with Gasteiger partial charge in [-0.05, 0) is 54.2 Å². The first-order valence-electron chi connectivity index (χ1n) is 5.43. The highest BCUT2D eigenvalue weighted by Crippen LogP contribution is 2.07. The number of halogens is 1. The largest absolute Gasteiger partial charge is 0.358 e. The molecular formula is C13H12FN3S. The van der Waals surface area contributed by atoms with E-state index in [-0.39, 0.29) is 5.82 Å². The normalized spacial score (nSPS) is 9.83. The van der Waals surface area contributed by atoms with E-state index in [1.54, 1.807) is 24.5 Å². The fourth-order valence-corrected chi connectivity index (χ4v) is 1.58. The molecule has 0 atom stereocenters. The number of anilines is 1. The van der Waals surface area contributed by atoms with E-state index in [4.69, 9.17) is 12.2 Å². The molecule has 1 aromatic heterocycles. The summed E-state index contributed by atoms with van der Waals surface area (Å²) < 4.78 is 12.7. The van der Waals surface area contributed by atoms with E-state index in [0.717, 1.165) is 11.3 Å². The molecule has 3 nitrogen and oxygen atoms in total. The molecule has 0 spiro atoms. The van der Waals surface area contributed by atoms with Gasteiger partial charge >= 0.3 is 0 Å². The molecule has 2 aromatic rings. The molecule has 92 valence electrons. The average molecular weight is 261 g/mol. The van der Waals surface area contributed by atoms with Gasteiger partial charge < -0.3 is 10.6 Å². The number of hydrogen-bond donors (Lipinski definition) is 2. The molecule has 0 radical (unpaired) electrons. The molecule has 0 unspecified atom stereocenters. The van der Waals surface area contributed by atoms with Crippen LogP contribution >= 0.6 is 12.2 Å². The van der Waals surface area contributed by atoms with E-state index < -0.39 is 0 Å². The lowest BCUT2D eigenvalue weighted by Gasteiger charge is -2.10. The zero-order valence-corrected chi connectivity index (χ0v) is 10.4. The molecule has 1 heterocycles. The van der Waals surface area contributed by atoms with Gasteiger partial charge in [-0.25, -0.2) is 4.39 Å². The van der Waals surface area contributed by atoms with Crippen molar-refractivity contribution in [1.29, 1.82) is 0 Å². The highest BCUT2D eigenvalue weighted by atomic mass is 32.1. The first-order chi connectivity index (χ1) is 8.74. The minimum absolute atomic E-state index is 0.267. The third-order valence-electron chi connectivity index (χ3n) is 2.30. The molecule has 0 bridgehead atoms. The number of hydrogen-bond acceptors (Lipinski definition) is 2. The van der Waals surface area contributed by atoms with Gasteiger partial charge in [0.2, 0.25) is 0 Å². The Hall–Kier alpha value is -2.01. The van der Waals surface area contributed by atoms with Crippen LogP contribution in [0.1, 0.15) is 5.56 Å². The standard InChI is InChI=1S/C13H12FN3S/c14-11-1-3-12(4-2-11)17-13(18)16-9-10-5-7-15-8-6-10/h1-8H,9H2,(H2,16,17,18). The SMILES string of the molecule is Fc1ccc(NC(=S)NCc2ccncc2)cc1. The molecule has 0 saturated carbocycles. The van der Waals surface area contributed by atoms with E-state index in [2.05, 4.69) is 15.6 Å². The number of pyridine rings is 1. The smallest absolute Gasteiger partial charge is 0.171 e. The lowest BCUT2D eigenvalue weighted by atomic mass is 10.3. The Balaban J connectivity index is 1.84. The molecule has 0 saturated heterocycles. The quantitative estimate of drug-likeness (QED) is 0.833. The molecule has 0 fully saturated rings. The van der Waals surface area contributed by atoms with Crippen LogP contribution in [0.2, 0.25) is 0 Å². The summed E-state index contributed by atoms with van der Waals surface area (Å²) in [5, 5.41) is 6.54. The summed E-state index contributed by atoms with van der Waals surface area (Å²) in [7, 11) is 0. The Kier molecular flexibility index (Phi) is 4.20. The second-order valence-electron chi connectivity index (χ2n) is 3.67. The second-order valence-corrected chi connectivity index (χ2v) is 4.08. The maximum atomic E-state index is 12.7. The monoisotopic (exact) mass is 261 g/mol. The minimum atomic E-state index is -0.267. The average Bonchev–Trinajstić information content (AvgIpc) is 2.40. The summed E-state index contributed by atoms with van der Waals surface area (Å²) in [6.45, 7) is 0.621. The fourth-order valence-electron chi connectivity index (χ4n) is 1.39. The van der Waals surface area contributed by atoms with Crippen LogP contribution in [0.5, 0.6) is 0 Å². The zero-order chi connectivity index (χ0) is 12.8. The Morgan fingerprint density at radius 3 is 2.44 bits per heavy atom. The van der Waals surface area contributed by atoms with Crippen molar-refractivity contribution in [3.05, 3.63) is 60.2 Å². The summed E-state index contributed by atoms with van der Waals surface area (Å²) in [5.41, 5.74) is 1.84. The van der Waals surface area contributed by atoms with Crippen LogP contribution in [-0.2, 0) is 6.54 Å². The van der Waals surface area contributed by atoms with Crippen LogP contribution in [0, 0.1) is 5.82 Å². The Morgan fingerprint density at radius 1 is 1.11 bits per heavy atom. The molecule has 0 aliphatic heterocycles. The van der Waals surface area contributed by atoms with Gasteiger partial charge in [0.25, 0.3) is 0 Å². The van der Waals surface area contributed by atoms with Crippen LogP contribution in [0.4, 0.5) is 10.1 Å². The first kappa shape index (κ1) is 12.4.